The molecule has 8 rings (SSSR count). The van der Waals surface area contributed by atoms with Gasteiger partial charge in [-0.05, 0) is 121 Å². The lowest BCUT2D eigenvalue weighted by Gasteiger charge is -2.40. The first-order valence-electron chi connectivity index (χ1n) is 19.5. The minimum absolute atomic E-state index is 0.195. The highest BCUT2D eigenvalue weighted by Gasteiger charge is 2.33. The van der Waals surface area contributed by atoms with Crippen molar-refractivity contribution in [1.82, 2.24) is 39.7 Å². The number of ether oxygens (including phenoxy) is 3. The van der Waals surface area contributed by atoms with Crippen LogP contribution in [0, 0.1) is 0 Å². The molecule has 0 radical (unpaired) electrons. The molecule has 12 heteroatoms. The van der Waals surface area contributed by atoms with Gasteiger partial charge in [-0.2, -0.15) is 0 Å². The van der Waals surface area contributed by atoms with Crippen LogP contribution >= 0.6 is 0 Å². The first-order chi connectivity index (χ1) is 24.9. The number of rotatable bonds is 10. The fourth-order valence-electron chi connectivity index (χ4n) is 9.59. The molecule has 0 spiro atoms. The number of nitrogens with one attached hydrogen (secondary N) is 2. The quantitative estimate of drug-likeness (QED) is 0.204. The highest BCUT2D eigenvalue weighted by atomic mass is 16.5. The van der Waals surface area contributed by atoms with Crippen molar-refractivity contribution in [3.8, 4) is 5.88 Å². The van der Waals surface area contributed by atoms with Gasteiger partial charge in [-0.25, -0.2) is 19.9 Å². The molecule has 4 aromatic heterocycles. The second kappa shape index (κ2) is 15.3. The summed E-state index contributed by atoms with van der Waals surface area (Å²) in [6.07, 6.45) is 21.3. The molecular weight excluding hydrogens is 642 g/mol. The van der Waals surface area contributed by atoms with Crippen LogP contribution in [0.15, 0.2) is 25.0 Å². The number of hydrogen-bond acceptors (Lipinski definition) is 10. The standard InChI is InChI=1S/C39H57N9O3/c1-46(2)27-9-11-30(12-10-27)51-39-35-33(21-41-37(35)43-24-45-39)26-15-18-50-31(19-26)22-47(3)28-5-7-29(8-6-28)48(4)38-34-32(25-13-16-49-17-14-25)20-40-36(34)42-23-44-38/h20-21,23-31H,5-19,22H2,1-4H3,(H,40,42,44)(H,41,43,45). The van der Waals surface area contributed by atoms with Crippen LogP contribution in [0.2, 0.25) is 0 Å². The predicted molar refractivity (Wildman–Crippen MR) is 200 cm³/mol. The maximum atomic E-state index is 6.62. The van der Waals surface area contributed by atoms with Gasteiger partial charge in [0.2, 0.25) is 5.88 Å². The van der Waals surface area contributed by atoms with Gasteiger partial charge in [0, 0.05) is 63.9 Å². The van der Waals surface area contributed by atoms with E-state index in [2.05, 4.69) is 80.2 Å². The third kappa shape index (κ3) is 7.34. The summed E-state index contributed by atoms with van der Waals surface area (Å²) >= 11 is 0. The summed E-state index contributed by atoms with van der Waals surface area (Å²) in [5.74, 6) is 2.69. The normalized spacial score (nSPS) is 28.2. The number of hydrogen-bond donors (Lipinski definition) is 2. The molecule has 2 aliphatic carbocycles. The van der Waals surface area contributed by atoms with E-state index in [1.807, 2.05) is 0 Å². The summed E-state index contributed by atoms with van der Waals surface area (Å²) in [5, 5.41) is 2.26. The van der Waals surface area contributed by atoms with Gasteiger partial charge in [-0.3, -0.25) is 0 Å². The monoisotopic (exact) mass is 699 g/mol. The molecule has 6 heterocycles. The highest BCUT2D eigenvalue weighted by Crippen LogP contribution is 2.40. The molecule has 4 aliphatic rings. The first-order valence-corrected chi connectivity index (χ1v) is 19.5. The van der Waals surface area contributed by atoms with Gasteiger partial charge in [0.15, 0.2) is 0 Å². The summed E-state index contributed by atoms with van der Waals surface area (Å²) in [6, 6.07) is 1.66. The Bertz CT molecular complexity index is 1740. The number of anilines is 1. The van der Waals surface area contributed by atoms with Crippen LogP contribution in [0.5, 0.6) is 5.88 Å². The fraction of sp³-hybridized carbons (Fsp3) is 0.692. The Morgan fingerprint density at radius 2 is 1.31 bits per heavy atom. The molecule has 2 saturated carbocycles. The Hall–Kier alpha value is -3.32. The van der Waals surface area contributed by atoms with Gasteiger partial charge in [0.25, 0.3) is 0 Å². The summed E-state index contributed by atoms with van der Waals surface area (Å²) in [5.41, 5.74) is 4.45. The third-order valence-electron chi connectivity index (χ3n) is 12.7. The van der Waals surface area contributed by atoms with Crippen LogP contribution in [0.1, 0.15) is 100 Å². The molecule has 4 aromatic rings. The lowest BCUT2D eigenvalue weighted by molar-refractivity contribution is -0.0187. The van der Waals surface area contributed by atoms with Crippen molar-refractivity contribution in [2.45, 2.75) is 119 Å². The summed E-state index contributed by atoms with van der Waals surface area (Å²) < 4.78 is 18.7. The number of nitrogens with zero attached hydrogens (tertiary/aromatic N) is 7. The van der Waals surface area contributed by atoms with E-state index in [4.69, 9.17) is 19.2 Å². The van der Waals surface area contributed by atoms with E-state index in [0.29, 0.717) is 30.0 Å². The van der Waals surface area contributed by atoms with Crippen LogP contribution in [0.4, 0.5) is 5.82 Å². The molecule has 276 valence electrons. The number of H-pyrrole nitrogens is 2. The van der Waals surface area contributed by atoms with Crippen LogP contribution < -0.4 is 9.64 Å². The number of fused-ring (bicyclic) bond motifs is 2. The smallest absolute Gasteiger partial charge is 0.226 e. The zero-order chi connectivity index (χ0) is 34.9. The number of aromatic amines is 2. The van der Waals surface area contributed by atoms with Crippen molar-refractivity contribution >= 4 is 27.9 Å². The first kappa shape index (κ1) is 34.7. The van der Waals surface area contributed by atoms with Crippen molar-refractivity contribution in [2.75, 3.05) is 59.5 Å². The lowest BCUT2D eigenvalue weighted by Crippen LogP contribution is -2.45. The molecule has 2 N–H and O–H groups in total. The molecule has 2 atom stereocenters. The molecule has 2 aliphatic heterocycles. The van der Waals surface area contributed by atoms with Crippen LogP contribution in [-0.2, 0) is 9.47 Å². The van der Waals surface area contributed by atoms with Crippen LogP contribution in [-0.4, -0.2) is 125 Å². The Kier molecular flexibility index (Phi) is 10.5. The van der Waals surface area contributed by atoms with E-state index in [1.54, 1.807) is 12.7 Å². The Morgan fingerprint density at radius 3 is 2.04 bits per heavy atom. The zero-order valence-electron chi connectivity index (χ0n) is 31.0. The summed E-state index contributed by atoms with van der Waals surface area (Å²) in [4.78, 5) is 32.9. The van der Waals surface area contributed by atoms with E-state index in [9.17, 15) is 0 Å². The van der Waals surface area contributed by atoms with Crippen molar-refractivity contribution in [2.24, 2.45) is 0 Å². The third-order valence-corrected chi connectivity index (χ3v) is 12.7. The molecular formula is C39H57N9O3. The minimum Gasteiger partial charge on any atom is -0.474 e. The maximum Gasteiger partial charge on any atom is 0.226 e. The topological polar surface area (TPSA) is 121 Å². The van der Waals surface area contributed by atoms with Crippen molar-refractivity contribution in [3.05, 3.63) is 36.2 Å². The highest BCUT2D eigenvalue weighted by molar-refractivity contribution is 5.91. The van der Waals surface area contributed by atoms with E-state index >= 15 is 0 Å². The maximum absolute atomic E-state index is 6.62. The fourth-order valence-corrected chi connectivity index (χ4v) is 9.59. The van der Waals surface area contributed by atoms with Gasteiger partial charge in [0.05, 0.1) is 16.9 Å². The molecule has 51 heavy (non-hydrogen) atoms. The average molecular weight is 700 g/mol. The van der Waals surface area contributed by atoms with Gasteiger partial charge >= 0.3 is 0 Å². The molecule has 0 aromatic carbocycles. The van der Waals surface area contributed by atoms with E-state index in [-0.39, 0.29) is 12.2 Å². The molecule has 2 saturated heterocycles. The van der Waals surface area contributed by atoms with Gasteiger partial charge in [-0.1, -0.05) is 0 Å². The average Bonchev–Trinajstić information content (AvgIpc) is 3.81. The van der Waals surface area contributed by atoms with Crippen molar-refractivity contribution in [1.29, 1.82) is 0 Å². The Morgan fingerprint density at radius 1 is 0.686 bits per heavy atom. The number of aromatic nitrogens is 6. The van der Waals surface area contributed by atoms with Crippen molar-refractivity contribution < 1.29 is 14.2 Å². The molecule has 2 unspecified atom stereocenters. The SMILES string of the molecule is CN(C)C1CCC(Oc2ncnc3[nH]cc(C4CCOC(CN(C)C5CCC(N(C)c6ncnc7[nH]cc(C8CCOCC8)c67)CC5)C4)c23)CC1. The van der Waals surface area contributed by atoms with Crippen molar-refractivity contribution in [3.63, 3.8) is 0 Å². The summed E-state index contributed by atoms with van der Waals surface area (Å²) in [7, 11) is 8.89. The van der Waals surface area contributed by atoms with E-state index in [1.165, 1.54) is 29.4 Å². The largest absolute Gasteiger partial charge is 0.474 e. The van der Waals surface area contributed by atoms with E-state index in [0.717, 1.165) is 119 Å². The Labute approximate surface area is 302 Å². The second-order valence-corrected chi connectivity index (χ2v) is 15.9. The van der Waals surface area contributed by atoms with Crippen LogP contribution in [0.25, 0.3) is 22.1 Å². The molecule has 0 bridgehead atoms. The van der Waals surface area contributed by atoms with Gasteiger partial charge < -0.3 is 38.9 Å². The van der Waals surface area contributed by atoms with Gasteiger partial charge in [-0.15, -0.1) is 0 Å². The summed E-state index contributed by atoms with van der Waals surface area (Å²) in [6.45, 7) is 3.37. The zero-order valence-corrected chi connectivity index (χ0v) is 31.0. The molecule has 0 amide bonds. The Balaban J connectivity index is 0.879. The lowest BCUT2D eigenvalue weighted by atomic mass is 9.87. The molecule has 4 fully saturated rings. The molecule has 12 nitrogen and oxygen atoms in total. The van der Waals surface area contributed by atoms with Crippen LogP contribution in [0.3, 0.4) is 0 Å². The predicted octanol–water partition coefficient (Wildman–Crippen LogP) is 6.02. The second-order valence-electron chi connectivity index (χ2n) is 15.9. The minimum atomic E-state index is 0.195. The van der Waals surface area contributed by atoms with Gasteiger partial charge in [0.1, 0.15) is 35.9 Å². The number of likely N-dealkylation sites (N-methyl/N-ethyl adjacent to an activating group) is 1. The van der Waals surface area contributed by atoms with E-state index < -0.39 is 0 Å².